The van der Waals surface area contributed by atoms with E-state index in [-0.39, 0.29) is 10.9 Å². The largest absolute Gasteiger partial charge is 0.380 e. The topological polar surface area (TPSA) is 81.0 Å². The second kappa shape index (κ2) is 11.2. The molecule has 0 spiro atoms. The monoisotopic (exact) mass is 515 g/mol. The number of amides is 1. The summed E-state index contributed by atoms with van der Waals surface area (Å²) in [5.41, 5.74) is 2.52. The molecule has 9 heteroatoms. The first-order valence-corrected chi connectivity index (χ1v) is 14.5. The number of aromatic nitrogens is 1. The minimum atomic E-state index is -3.59. The summed E-state index contributed by atoms with van der Waals surface area (Å²) in [6.07, 6.45) is 3.63. The predicted octanol–water partition coefficient (Wildman–Crippen LogP) is 4.74. The zero-order valence-corrected chi connectivity index (χ0v) is 22.2. The molecular weight excluding hydrogens is 482 g/mol. The van der Waals surface area contributed by atoms with Crippen LogP contribution in [0.3, 0.4) is 0 Å². The van der Waals surface area contributed by atoms with Gasteiger partial charge < -0.3 is 9.30 Å². The van der Waals surface area contributed by atoms with Crippen molar-refractivity contribution in [1.82, 2.24) is 8.87 Å². The number of nitrogens with zero attached hydrogens (tertiary/aromatic N) is 3. The highest BCUT2D eigenvalue weighted by Gasteiger charge is 2.32. The Bertz CT molecular complexity index is 1360. The number of carbonyl (C=O) groups is 1. The molecule has 7 nitrogen and oxygen atoms in total. The molecule has 35 heavy (non-hydrogen) atoms. The Kier molecular flexibility index (Phi) is 8.21. The van der Waals surface area contributed by atoms with Crippen molar-refractivity contribution < 1.29 is 17.9 Å². The van der Waals surface area contributed by atoms with Crippen molar-refractivity contribution in [1.29, 1.82) is 0 Å². The van der Waals surface area contributed by atoms with Crippen molar-refractivity contribution in [3.8, 4) is 0 Å². The molecule has 1 unspecified atom stereocenters. The zero-order valence-electron chi connectivity index (χ0n) is 20.6. The molecule has 1 amide bonds. The van der Waals surface area contributed by atoms with E-state index in [0.29, 0.717) is 36.7 Å². The second-order valence-corrected chi connectivity index (χ2v) is 11.7. The number of rotatable bonds is 8. The molecule has 3 aromatic rings. The Morgan fingerprint density at radius 1 is 1.14 bits per heavy atom. The molecule has 1 atom stereocenters. The molecule has 4 rings (SSSR count). The number of hydrogen-bond acceptors (Lipinski definition) is 5. The smallest absolute Gasteiger partial charge is 0.279 e. The minimum Gasteiger partial charge on any atom is -0.380 e. The molecule has 1 aliphatic rings. The fourth-order valence-corrected chi connectivity index (χ4v) is 7.46. The first-order chi connectivity index (χ1) is 16.8. The van der Waals surface area contributed by atoms with Gasteiger partial charge in [0.25, 0.3) is 5.91 Å². The Labute approximate surface area is 211 Å². The third-order valence-corrected chi connectivity index (χ3v) is 9.46. The maximum Gasteiger partial charge on any atom is 0.279 e. The van der Waals surface area contributed by atoms with Gasteiger partial charge in [-0.3, -0.25) is 4.79 Å². The lowest BCUT2D eigenvalue weighted by molar-refractivity contribution is 0.0996. The van der Waals surface area contributed by atoms with Gasteiger partial charge in [-0.1, -0.05) is 30.7 Å². The van der Waals surface area contributed by atoms with Gasteiger partial charge in [-0.25, -0.2) is 8.42 Å². The van der Waals surface area contributed by atoms with Crippen LogP contribution in [0.15, 0.2) is 52.4 Å². The summed E-state index contributed by atoms with van der Waals surface area (Å²) in [7, 11) is -3.59. The van der Waals surface area contributed by atoms with Crippen LogP contribution < -0.4 is 4.80 Å². The van der Waals surface area contributed by atoms with Crippen LogP contribution in [0.4, 0.5) is 0 Å². The van der Waals surface area contributed by atoms with Crippen LogP contribution in [-0.4, -0.2) is 49.0 Å². The van der Waals surface area contributed by atoms with Crippen LogP contribution in [0, 0.1) is 6.92 Å². The third-order valence-electron chi connectivity index (χ3n) is 6.45. The van der Waals surface area contributed by atoms with Gasteiger partial charge in [0.1, 0.15) is 0 Å². The van der Waals surface area contributed by atoms with Gasteiger partial charge >= 0.3 is 0 Å². The maximum atomic E-state index is 13.2. The summed E-state index contributed by atoms with van der Waals surface area (Å²) < 4.78 is 36.7. The quantitative estimate of drug-likeness (QED) is 0.406. The molecule has 0 N–H and O–H groups in total. The van der Waals surface area contributed by atoms with E-state index in [1.54, 1.807) is 16.4 Å². The van der Waals surface area contributed by atoms with Crippen molar-refractivity contribution in [3.05, 3.63) is 58.4 Å². The van der Waals surface area contributed by atoms with E-state index >= 15 is 0 Å². The summed E-state index contributed by atoms with van der Waals surface area (Å²) in [6, 6.07) is 12.4. The van der Waals surface area contributed by atoms with Crippen LogP contribution in [0.2, 0.25) is 0 Å². The van der Waals surface area contributed by atoms with E-state index < -0.39 is 15.9 Å². The lowest BCUT2D eigenvalue weighted by atomic mass is 10.0. The molecule has 1 aliphatic heterocycles. The van der Waals surface area contributed by atoms with E-state index in [0.717, 1.165) is 41.5 Å². The first kappa shape index (κ1) is 25.8. The molecule has 2 aromatic carbocycles. The Balaban J connectivity index is 1.63. The second-order valence-electron chi connectivity index (χ2n) is 8.82. The highest BCUT2D eigenvalue weighted by atomic mass is 32.2. The van der Waals surface area contributed by atoms with Crippen molar-refractivity contribution in [2.75, 3.05) is 19.8 Å². The lowest BCUT2D eigenvalue weighted by Crippen LogP contribution is -2.43. The number of benzene rings is 2. The lowest BCUT2D eigenvalue weighted by Gasteiger charge is -2.34. The molecule has 1 saturated heterocycles. The standard InChI is InChI=1S/C26H33N3O4S2/c1-4-21-8-6-7-15-29(21)35(31,32)22-12-10-20(11-13-22)25(30)27-26-28(16-17-33-5-2)23-14-9-19(3)18-24(23)34-26/h9-14,18,21H,4-8,15-17H2,1-3H3. The average molecular weight is 516 g/mol. The molecule has 188 valence electrons. The van der Waals surface area contributed by atoms with Crippen LogP contribution in [0.5, 0.6) is 0 Å². The van der Waals surface area contributed by atoms with Gasteiger partial charge in [-0.05, 0) is 75.1 Å². The summed E-state index contributed by atoms with van der Waals surface area (Å²) in [5, 5.41) is 0. The first-order valence-electron chi connectivity index (χ1n) is 12.2. The number of carbonyl (C=O) groups excluding carboxylic acids is 1. The number of piperidine rings is 1. The summed E-state index contributed by atoms with van der Waals surface area (Å²) in [4.78, 5) is 18.3. The van der Waals surface area contributed by atoms with Crippen LogP contribution in [0.25, 0.3) is 10.2 Å². The number of sulfonamides is 1. The predicted molar refractivity (Wildman–Crippen MR) is 139 cm³/mol. The van der Waals surface area contributed by atoms with Crippen molar-refractivity contribution in [3.63, 3.8) is 0 Å². The summed E-state index contributed by atoms with van der Waals surface area (Å²) in [6.45, 7) is 8.30. The van der Waals surface area contributed by atoms with Gasteiger partial charge in [0.15, 0.2) is 4.80 Å². The van der Waals surface area contributed by atoms with Gasteiger partial charge in [-0.2, -0.15) is 9.30 Å². The molecule has 0 saturated carbocycles. The number of hydrogen-bond donors (Lipinski definition) is 0. The van der Waals surface area contributed by atoms with Gasteiger partial charge in [0, 0.05) is 31.3 Å². The zero-order chi connectivity index (χ0) is 25.0. The van der Waals surface area contributed by atoms with Crippen molar-refractivity contribution >= 4 is 37.5 Å². The fourth-order valence-electron chi connectivity index (χ4n) is 4.54. The van der Waals surface area contributed by atoms with Crippen molar-refractivity contribution in [2.24, 2.45) is 4.99 Å². The highest BCUT2D eigenvalue weighted by Crippen LogP contribution is 2.27. The van der Waals surface area contributed by atoms with E-state index in [1.807, 2.05) is 37.5 Å². The Morgan fingerprint density at radius 2 is 1.91 bits per heavy atom. The minimum absolute atomic E-state index is 0.0359. The fraction of sp³-hybridized carbons (Fsp3) is 0.462. The molecule has 0 bridgehead atoms. The maximum absolute atomic E-state index is 13.2. The molecule has 1 aromatic heterocycles. The number of thiazole rings is 1. The van der Waals surface area contributed by atoms with E-state index in [9.17, 15) is 13.2 Å². The van der Waals surface area contributed by atoms with Gasteiger partial charge in [-0.15, -0.1) is 0 Å². The SMILES string of the molecule is CCOCCn1c(=NC(=O)c2ccc(S(=O)(=O)N3CCCCC3CC)cc2)sc2cc(C)ccc21. The average Bonchev–Trinajstić information content (AvgIpc) is 3.19. The van der Waals surface area contributed by atoms with E-state index in [4.69, 9.17) is 4.74 Å². The van der Waals surface area contributed by atoms with Gasteiger partial charge in [0.2, 0.25) is 10.0 Å². The third kappa shape index (κ3) is 5.58. The van der Waals surface area contributed by atoms with Crippen molar-refractivity contribution in [2.45, 2.75) is 63.9 Å². The molecule has 0 aliphatic carbocycles. The molecule has 1 fully saturated rings. The van der Waals surface area contributed by atoms with Crippen LogP contribution >= 0.6 is 11.3 Å². The van der Waals surface area contributed by atoms with E-state index in [1.165, 1.54) is 23.5 Å². The normalized spacial score (nSPS) is 17.8. The number of fused-ring (bicyclic) bond motifs is 1. The molecular formula is C26H33N3O4S2. The molecule has 2 heterocycles. The summed E-state index contributed by atoms with van der Waals surface area (Å²) in [5.74, 6) is -0.396. The highest BCUT2D eigenvalue weighted by molar-refractivity contribution is 7.89. The Hall–Kier alpha value is -2.33. The number of ether oxygens (including phenoxy) is 1. The van der Waals surface area contributed by atoms with Crippen LogP contribution in [-0.2, 0) is 21.3 Å². The van der Waals surface area contributed by atoms with Crippen LogP contribution in [0.1, 0.15) is 55.5 Å². The van der Waals surface area contributed by atoms with E-state index in [2.05, 4.69) is 11.1 Å². The number of aryl methyl sites for hydroxylation is 1. The van der Waals surface area contributed by atoms with Gasteiger partial charge in [0.05, 0.1) is 21.7 Å². The molecule has 0 radical (unpaired) electrons. The summed E-state index contributed by atoms with van der Waals surface area (Å²) >= 11 is 1.47. The Morgan fingerprint density at radius 3 is 2.63 bits per heavy atom.